The number of anilines is 1. The molecule has 0 aromatic heterocycles. The van der Waals surface area contributed by atoms with Crippen molar-refractivity contribution in [1.82, 2.24) is 10.2 Å². The van der Waals surface area contributed by atoms with Gasteiger partial charge in [0, 0.05) is 23.5 Å². The number of amides is 1. The molecular formula is C16H21ClN4O. The van der Waals surface area contributed by atoms with Gasteiger partial charge in [-0.3, -0.25) is 4.79 Å². The third-order valence-electron chi connectivity index (χ3n) is 2.97. The van der Waals surface area contributed by atoms with Crippen LogP contribution in [0.3, 0.4) is 0 Å². The summed E-state index contributed by atoms with van der Waals surface area (Å²) in [5.74, 6) is -0.456. The molecule has 2 N–H and O–H groups in total. The van der Waals surface area contributed by atoms with E-state index in [2.05, 4.69) is 15.5 Å². The SMILES string of the molecule is Cc1ccc(NC(=O)/C(C#N)=C\NCCCN(C)C)cc1Cl. The topological polar surface area (TPSA) is 68.2 Å². The molecule has 0 aliphatic carbocycles. The first-order chi connectivity index (χ1) is 10.4. The minimum Gasteiger partial charge on any atom is -0.390 e. The summed E-state index contributed by atoms with van der Waals surface area (Å²) in [7, 11) is 3.99. The maximum atomic E-state index is 12.0. The molecule has 5 nitrogen and oxygen atoms in total. The van der Waals surface area contributed by atoms with E-state index >= 15 is 0 Å². The number of rotatable bonds is 7. The molecule has 0 heterocycles. The molecular weight excluding hydrogens is 300 g/mol. The van der Waals surface area contributed by atoms with Crippen LogP contribution >= 0.6 is 11.6 Å². The molecule has 0 saturated carbocycles. The van der Waals surface area contributed by atoms with Crippen molar-refractivity contribution in [1.29, 1.82) is 5.26 Å². The second kappa shape index (κ2) is 9.08. The Hall–Kier alpha value is -2.03. The predicted molar refractivity (Wildman–Crippen MR) is 89.7 cm³/mol. The molecule has 22 heavy (non-hydrogen) atoms. The lowest BCUT2D eigenvalue weighted by molar-refractivity contribution is -0.112. The third kappa shape index (κ3) is 6.17. The van der Waals surface area contributed by atoms with Crippen molar-refractivity contribution in [2.75, 3.05) is 32.5 Å². The second-order valence-corrected chi connectivity index (χ2v) is 5.61. The number of nitrogens with one attached hydrogen (secondary N) is 2. The van der Waals surface area contributed by atoms with Crippen LogP contribution in [-0.4, -0.2) is 38.0 Å². The Morgan fingerprint density at radius 1 is 1.45 bits per heavy atom. The van der Waals surface area contributed by atoms with E-state index in [1.54, 1.807) is 12.1 Å². The summed E-state index contributed by atoms with van der Waals surface area (Å²) in [5.41, 5.74) is 1.52. The average molecular weight is 321 g/mol. The van der Waals surface area contributed by atoms with Crippen LogP contribution in [0.2, 0.25) is 5.02 Å². The number of halogens is 1. The molecule has 0 radical (unpaired) electrons. The van der Waals surface area contributed by atoms with Gasteiger partial charge in [-0.25, -0.2) is 0 Å². The number of carbonyl (C=O) groups excluding carboxylic acids is 1. The Bertz CT molecular complexity index is 590. The maximum Gasteiger partial charge on any atom is 0.267 e. The maximum absolute atomic E-state index is 12.0. The summed E-state index contributed by atoms with van der Waals surface area (Å²) >= 11 is 6.01. The van der Waals surface area contributed by atoms with Gasteiger partial charge in [0.05, 0.1) is 0 Å². The van der Waals surface area contributed by atoms with E-state index in [0.29, 0.717) is 17.3 Å². The van der Waals surface area contributed by atoms with Crippen molar-refractivity contribution >= 4 is 23.2 Å². The Labute approximate surface area is 136 Å². The molecule has 1 aromatic rings. The normalized spacial score (nSPS) is 11.2. The first kappa shape index (κ1) is 18.0. The molecule has 1 aromatic carbocycles. The highest BCUT2D eigenvalue weighted by molar-refractivity contribution is 6.31. The van der Waals surface area contributed by atoms with Gasteiger partial charge in [-0.1, -0.05) is 17.7 Å². The lowest BCUT2D eigenvalue weighted by Gasteiger charge is -2.09. The number of hydrogen-bond donors (Lipinski definition) is 2. The summed E-state index contributed by atoms with van der Waals surface area (Å²) in [6.45, 7) is 3.52. The zero-order chi connectivity index (χ0) is 16.5. The molecule has 0 aliphatic heterocycles. The molecule has 0 saturated heterocycles. The molecule has 1 rings (SSSR count). The minimum absolute atomic E-state index is 0.0292. The summed E-state index contributed by atoms with van der Waals surface area (Å²) in [6, 6.07) is 7.11. The second-order valence-electron chi connectivity index (χ2n) is 5.20. The quantitative estimate of drug-likeness (QED) is 0.460. The molecule has 6 heteroatoms. The fourth-order valence-electron chi connectivity index (χ4n) is 1.69. The fourth-order valence-corrected chi connectivity index (χ4v) is 1.87. The fraction of sp³-hybridized carbons (Fsp3) is 0.375. The number of carbonyl (C=O) groups is 1. The van der Waals surface area contributed by atoms with E-state index in [-0.39, 0.29) is 5.57 Å². The number of hydrogen-bond acceptors (Lipinski definition) is 4. The molecule has 0 fully saturated rings. The highest BCUT2D eigenvalue weighted by atomic mass is 35.5. The Morgan fingerprint density at radius 2 is 2.18 bits per heavy atom. The van der Waals surface area contributed by atoms with E-state index in [0.717, 1.165) is 18.5 Å². The van der Waals surface area contributed by atoms with Gasteiger partial charge in [0.2, 0.25) is 0 Å². The highest BCUT2D eigenvalue weighted by Gasteiger charge is 2.09. The van der Waals surface area contributed by atoms with E-state index in [9.17, 15) is 4.79 Å². The highest BCUT2D eigenvalue weighted by Crippen LogP contribution is 2.20. The summed E-state index contributed by atoms with van der Waals surface area (Å²) in [5, 5.41) is 15.3. The molecule has 118 valence electrons. The Morgan fingerprint density at radius 3 is 2.77 bits per heavy atom. The Balaban J connectivity index is 2.57. The summed E-state index contributed by atoms with van der Waals surface area (Å²) in [4.78, 5) is 14.1. The molecule has 1 amide bonds. The zero-order valence-electron chi connectivity index (χ0n) is 13.1. The van der Waals surface area contributed by atoms with E-state index in [1.165, 1.54) is 6.20 Å². The van der Waals surface area contributed by atoms with Crippen LogP contribution < -0.4 is 10.6 Å². The van der Waals surface area contributed by atoms with Crippen molar-refractivity contribution < 1.29 is 4.79 Å². The van der Waals surface area contributed by atoms with Crippen LogP contribution in [0, 0.1) is 18.3 Å². The number of aryl methyl sites for hydroxylation is 1. The van der Waals surface area contributed by atoms with Gasteiger partial charge in [0.1, 0.15) is 11.6 Å². The van der Waals surface area contributed by atoms with Crippen molar-refractivity contribution in [3.05, 3.63) is 40.6 Å². The number of nitriles is 1. The van der Waals surface area contributed by atoms with Gasteiger partial charge in [-0.05, 0) is 51.7 Å². The van der Waals surface area contributed by atoms with Gasteiger partial charge >= 0.3 is 0 Å². The zero-order valence-corrected chi connectivity index (χ0v) is 13.9. The van der Waals surface area contributed by atoms with Gasteiger partial charge in [0.15, 0.2) is 0 Å². The molecule has 0 bridgehead atoms. The number of benzene rings is 1. The first-order valence-corrected chi connectivity index (χ1v) is 7.37. The van der Waals surface area contributed by atoms with Crippen molar-refractivity contribution in [3.63, 3.8) is 0 Å². The lowest BCUT2D eigenvalue weighted by Crippen LogP contribution is -2.20. The first-order valence-electron chi connectivity index (χ1n) is 7.00. The van der Waals surface area contributed by atoms with Crippen LogP contribution in [0.5, 0.6) is 0 Å². The van der Waals surface area contributed by atoms with Gasteiger partial charge in [-0.15, -0.1) is 0 Å². The predicted octanol–water partition coefficient (Wildman–Crippen LogP) is 2.54. The van der Waals surface area contributed by atoms with Crippen LogP contribution in [0.4, 0.5) is 5.69 Å². The molecule has 0 aliphatic rings. The van der Waals surface area contributed by atoms with Gasteiger partial charge in [0.25, 0.3) is 5.91 Å². The Kier molecular flexibility index (Phi) is 7.44. The van der Waals surface area contributed by atoms with Crippen LogP contribution in [0.1, 0.15) is 12.0 Å². The molecule has 0 spiro atoms. The standard InChI is InChI=1S/C16H21ClN4O/c1-12-5-6-14(9-15(12)17)20-16(22)13(10-18)11-19-7-4-8-21(2)3/h5-6,9,11,19H,4,7-8H2,1-3H3,(H,20,22)/b13-11-. The molecule has 0 atom stereocenters. The third-order valence-corrected chi connectivity index (χ3v) is 3.37. The van der Waals surface area contributed by atoms with Gasteiger partial charge in [-0.2, -0.15) is 5.26 Å². The smallest absolute Gasteiger partial charge is 0.267 e. The van der Waals surface area contributed by atoms with E-state index in [4.69, 9.17) is 16.9 Å². The monoisotopic (exact) mass is 320 g/mol. The average Bonchev–Trinajstić information content (AvgIpc) is 2.46. The van der Waals surface area contributed by atoms with Gasteiger partial charge < -0.3 is 15.5 Å². The van der Waals surface area contributed by atoms with Crippen molar-refractivity contribution in [2.45, 2.75) is 13.3 Å². The van der Waals surface area contributed by atoms with Crippen LogP contribution in [0.25, 0.3) is 0 Å². The van der Waals surface area contributed by atoms with E-state index < -0.39 is 5.91 Å². The van der Waals surface area contributed by atoms with Crippen LogP contribution in [-0.2, 0) is 4.79 Å². The van der Waals surface area contributed by atoms with Crippen molar-refractivity contribution in [2.24, 2.45) is 0 Å². The minimum atomic E-state index is -0.456. The summed E-state index contributed by atoms with van der Waals surface area (Å²) in [6.07, 6.45) is 2.37. The largest absolute Gasteiger partial charge is 0.390 e. The molecule has 0 unspecified atom stereocenters. The summed E-state index contributed by atoms with van der Waals surface area (Å²) < 4.78 is 0. The van der Waals surface area contributed by atoms with Crippen LogP contribution in [0.15, 0.2) is 30.0 Å². The lowest BCUT2D eigenvalue weighted by atomic mass is 10.2. The van der Waals surface area contributed by atoms with E-state index in [1.807, 2.05) is 33.2 Å². The van der Waals surface area contributed by atoms with Crippen molar-refractivity contribution in [3.8, 4) is 6.07 Å². The number of nitrogens with zero attached hydrogens (tertiary/aromatic N) is 2.